The summed E-state index contributed by atoms with van der Waals surface area (Å²) in [4.78, 5) is 26.4. The van der Waals surface area contributed by atoms with Crippen molar-refractivity contribution in [1.29, 1.82) is 0 Å². The molecule has 14 heteroatoms. The van der Waals surface area contributed by atoms with Gasteiger partial charge in [-0.15, -0.1) is 0 Å². The van der Waals surface area contributed by atoms with Gasteiger partial charge in [0.05, 0.1) is 19.3 Å². The molecule has 2 atom stereocenters. The number of carbonyl (C=O) groups excluding carboxylic acids is 1. The molecule has 0 aliphatic carbocycles. The maximum atomic E-state index is 14.5. The molecule has 0 radical (unpaired) electrons. The third-order valence-corrected chi connectivity index (χ3v) is 6.35. The van der Waals surface area contributed by atoms with Crippen LogP contribution in [-0.2, 0) is 27.2 Å². The summed E-state index contributed by atoms with van der Waals surface area (Å²) in [6.07, 6.45) is 1.67. The van der Waals surface area contributed by atoms with Crippen LogP contribution in [0.1, 0.15) is 25.5 Å². The molecule has 5 rings (SSSR count). The molecule has 10 nitrogen and oxygen atoms in total. The molecule has 1 aliphatic rings. The Hall–Kier alpha value is -4.56. The number of halogens is 4. The monoisotopic (exact) mass is 587 g/mol. The molecule has 2 aromatic heterocycles. The van der Waals surface area contributed by atoms with Gasteiger partial charge in [0.2, 0.25) is 0 Å². The van der Waals surface area contributed by atoms with Crippen LogP contribution in [0.15, 0.2) is 65.7 Å². The van der Waals surface area contributed by atoms with Gasteiger partial charge in [0.15, 0.2) is 34.7 Å². The molecule has 0 saturated carbocycles. The number of carbonyl (C=O) groups is 1. The van der Waals surface area contributed by atoms with Crippen LogP contribution in [0.3, 0.4) is 0 Å². The van der Waals surface area contributed by atoms with E-state index in [1.165, 1.54) is 10.7 Å². The lowest BCUT2D eigenvalue weighted by molar-refractivity contribution is -0.139. The third-order valence-electron chi connectivity index (χ3n) is 6.35. The lowest BCUT2D eigenvalue weighted by Gasteiger charge is -2.19. The van der Waals surface area contributed by atoms with Gasteiger partial charge < -0.3 is 19.5 Å². The lowest BCUT2D eigenvalue weighted by atomic mass is 10.0. The second-order valence-corrected chi connectivity index (χ2v) is 9.91. The molecular weight excluding hydrogens is 562 g/mol. The molecule has 4 aromatic rings. The zero-order valence-electron chi connectivity index (χ0n) is 22.4. The van der Waals surface area contributed by atoms with E-state index in [2.05, 4.69) is 15.5 Å². The minimum absolute atomic E-state index is 0.0974. The van der Waals surface area contributed by atoms with Crippen molar-refractivity contribution in [3.8, 4) is 11.5 Å². The standard InChI is InChI=1S/C28H25F4N5O5/c1-28(2)40-15-17(42-28)14-36-10-9-24(35-36)34-27(39)23(12-18-19(29)5-3-6-20(18)30)37-25(38)11-16(13-33-37)41-26-21(31)7-4-8-22(26)32/h3-11,13,17,23H,12,14-15H2,1-2H3,(H,34,35,39). The Bertz CT molecular complexity index is 1630. The predicted molar refractivity (Wildman–Crippen MR) is 140 cm³/mol. The average Bonchev–Trinajstić information content (AvgIpc) is 3.51. The van der Waals surface area contributed by atoms with Crippen LogP contribution in [0.4, 0.5) is 23.4 Å². The van der Waals surface area contributed by atoms with Crippen molar-refractivity contribution in [1.82, 2.24) is 19.6 Å². The highest BCUT2D eigenvalue weighted by molar-refractivity contribution is 5.93. The van der Waals surface area contributed by atoms with Crippen LogP contribution in [0.5, 0.6) is 11.5 Å². The molecule has 3 heterocycles. The summed E-state index contributed by atoms with van der Waals surface area (Å²) in [6.45, 7) is 4.25. The Labute approximate surface area is 236 Å². The van der Waals surface area contributed by atoms with Gasteiger partial charge in [-0.2, -0.15) is 10.2 Å². The largest absolute Gasteiger partial charge is 0.449 e. The van der Waals surface area contributed by atoms with Crippen LogP contribution in [0.25, 0.3) is 0 Å². The number of nitrogens with one attached hydrogen (secondary N) is 1. The van der Waals surface area contributed by atoms with Crippen molar-refractivity contribution in [2.75, 3.05) is 11.9 Å². The van der Waals surface area contributed by atoms with Gasteiger partial charge in [0, 0.05) is 30.3 Å². The van der Waals surface area contributed by atoms with E-state index in [-0.39, 0.29) is 17.7 Å². The van der Waals surface area contributed by atoms with Crippen molar-refractivity contribution in [2.45, 2.75) is 44.7 Å². The summed E-state index contributed by atoms with van der Waals surface area (Å²) in [5.74, 6) is -6.45. The number of aromatic nitrogens is 4. The van der Waals surface area contributed by atoms with E-state index in [0.717, 1.165) is 48.7 Å². The highest BCUT2D eigenvalue weighted by atomic mass is 19.1. The van der Waals surface area contributed by atoms with Crippen LogP contribution >= 0.6 is 0 Å². The molecule has 1 amide bonds. The van der Waals surface area contributed by atoms with Crippen molar-refractivity contribution < 1.29 is 36.6 Å². The summed E-state index contributed by atoms with van der Waals surface area (Å²) in [7, 11) is 0. The molecule has 1 N–H and O–H groups in total. The second kappa shape index (κ2) is 11.7. The molecule has 220 valence electrons. The summed E-state index contributed by atoms with van der Waals surface area (Å²) >= 11 is 0. The first-order valence-corrected chi connectivity index (χ1v) is 12.8. The maximum Gasteiger partial charge on any atom is 0.271 e. The van der Waals surface area contributed by atoms with E-state index in [1.807, 2.05) is 0 Å². The van der Waals surface area contributed by atoms with Gasteiger partial charge in [-0.3, -0.25) is 14.3 Å². The molecule has 1 aliphatic heterocycles. The summed E-state index contributed by atoms with van der Waals surface area (Å²) < 4.78 is 75.8. The third kappa shape index (κ3) is 6.50. The smallest absolute Gasteiger partial charge is 0.271 e. The Morgan fingerprint density at radius 2 is 1.76 bits per heavy atom. The topological polar surface area (TPSA) is 110 Å². The fraction of sp³-hybridized carbons (Fsp3) is 0.286. The number of para-hydroxylation sites is 1. The average molecular weight is 588 g/mol. The van der Waals surface area contributed by atoms with E-state index >= 15 is 0 Å². The minimum atomic E-state index is -1.55. The number of hydrogen-bond donors (Lipinski definition) is 1. The number of amides is 1. The van der Waals surface area contributed by atoms with Gasteiger partial charge in [0.25, 0.3) is 11.5 Å². The highest BCUT2D eigenvalue weighted by Crippen LogP contribution is 2.27. The fourth-order valence-corrected chi connectivity index (χ4v) is 4.40. The van der Waals surface area contributed by atoms with E-state index < -0.39 is 64.3 Å². The lowest BCUT2D eigenvalue weighted by Crippen LogP contribution is -2.36. The van der Waals surface area contributed by atoms with Crippen LogP contribution in [0.2, 0.25) is 0 Å². The molecule has 0 bridgehead atoms. The Balaban J connectivity index is 1.40. The van der Waals surface area contributed by atoms with E-state index in [9.17, 15) is 27.2 Å². The maximum absolute atomic E-state index is 14.5. The van der Waals surface area contributed by atoms with Crippen molar-refractivity contribution in [2.24, 2.45) is 0 Å². The van der Waals surface area contributed by atoms with Crippen molar-refractivity contribution in [3.63, 3.8) is 0 Å². The van der Waals surface area contributed by atoms with Gasteiger partial charge in [-0.05, 0) is 38.1 Å². The molecule has 2 aromatic carbocycles. The van der Waals surface area contributed by atoms with Gasteiger partial charge in [-0.1, -0.05) is 12.1 Å². The Kier molecular flexibility index (Phi) is 8.09. The summed E-state index contributed by atoms with van der Waals surface area (Å²) in [6, 6.07) is 7.05. The summed E-state index contributed by atoms with van der Waals surface area (Å²) in [5.41, 5.74) is -1.39. The number of hydrogen-bond acceptors (Lipinski definition) is 7. The van der Waals surface area contributed by atoms with Crippen LogP contribution in [-0.4, -0.2) is 44.0 Å². The van der Waals surface area contributed by atoms with E-state index in [4.69, 9.17) is 14.2 Å². The molecule has 2 unspecified atom stereocenters. The molecule has 1 fully saturated rings. The normalized spacial score (nSPS) is 16.8. The van der Waals surface area contributed by atoms with Crippen molar-refractivity contribution >= 4 is 11.7 Å². The van der Waals surface area contributed by atoms with Gasteiger partial charge in [0.1, 0.15) is 23.8 Å². The SMILES string of the molecule is CC1(C)OCC(Cn2ccc(NC(=O)C(Cc3c(F)cccc3F)n3ncc(Oc4c(F)cccc4F)cc3=O)n2)O1. The number of anilines is 1. The molecule has 0 spiro atoms. The first-order chi connectivity index (χ1) is 20.0. The van der Waals surface area contributed by atoms with E-state index in [0.29, 0.717) is 17.8 Å². The minimum Gasteiger partial charge on any atom is -0.449 e. The Morgan fingerprint density at radius 1 is 1.10 bits per heavy atom. The zero-order valence-corrected chi connectivity index (χ0v) is 22.4. The fourth-order valence-electron chi connectivity index (χ4n) is 4.40. The molecule has 42 heavy (non-hydrogen) atoms. The second-order valence-electron chi connectivity index (χ2n) is 9.91. The van der Waals surface area contributed by atoms with Crippen LogP contribution < -0.4 is 15.6 Å². The highest BCUT2D eigenvalue weighted by Gasteiger charge is 2.33. The number of benzene rings is 2. The van der Waals surface area contributed by atoms with Gasteiger partial charge >= 0.3 is 0 Å². The van der Waals surface area contributed by atoms with Crippen LogP contribution in [0, 0.1) is 23.3 Å². The van der Waals surface area contributed by atoms with Crippen molar-refractivity contribution in [3.05, 3.63) is 100 Å². The first kappa shape index (κ1) is 29.0. The van der Waals surface area contributed by atoms with Gasteiger partial charge in [-0.25, -0.2) is 22.2 Å². The quantitative estimate of drug-likeness (QED) is 0.290. The molecule has 1 saturated heterocycles. The summed E-state index contributed by atoms with van der Waals surface area (Å²) in [5, 5.41) is 10.7. The number of ether oxygens (including phenoxy) is 3. The Morgan fingerprint density at radius 3 is 2.38 bits per heavy atom. The number of nitrogens with zero attached hydrogens (tertiary/aromatic N) is 4. The predicted octanol–water partition coefficient (Wildman–Crippen LogP) is 4.36. The molecular formula is C28H25F4N5O5. The first-order valence-electron chi connectivity index (χ1n) is 12.8. The number of rotatable bonds is 9. The van der Waals surface area contributed by atoms with E-state index in [1.54, 1.807) is 20.0 Å². The zero-order chi connectivity index (χ0) is 30.0.